The fourth-order valence-corrected chi connectivity index (χ4v) is 2.92. The van der Waals surface area contributed by atoms with Gasteiger partial charge in [-0.3, -0.25) is 4.79 Å². The van der Waals surface area contributed by atoms with Crippen molar-refractivity contribution in [2.45, 2.75) is 103 Å². The molecule has 7 nitrogen and oxygen atoms in total. The largest absolute Gasteiger partial charge is 0.481 e. The van der Waals surface area contributed by atoms with Crippen molar-refractivity contribution < 1.29 is 29.3 Å². The predicted molar refractivity (Wildman–Crippen MR) is 99.2 cm³/mol. The van der Waals surface area contributed by atoms with Gasteiger partial charge in [0.2, 0.25) is 0 Å². The van der Waals surface area contributed by atoms with Crippen LogP contribution < -0.4 is 5.32 Å². The van der Waals surface area contributed by atoms with Crippen LogP contribution in [0, 0.1) is 0 Å². The molecule has 0 saturated carbocycles. The molecule has 7 heteroatoms. The molecular formula is C19H35NO6. The lowest BCUT2D eigenvalue weighted by molar-refractivity contribution is -0.140. The van der Waals surface area contributed by atoms with Gasteiger partial charge in [0, 0.05) is 6.42 Å². The van der Waals surface area contributed by atoms with Gasteiger partial charge in [0.1, 0.15) is 11.6 Å². The summed E-state index contributed by atoms with van der Waals surface area (Å²) in [6.45, 7) is 6.24. The first-order valence-corrected chi connectivity index (χ1v) is 9.74. The molecule has 0 fully saturated rings. The van der Waals surface area contributed by atoms with E-state index in [0.29, 0.717) is 0 Å². The monoisotopic (exact) mass is 373 g/mol. The van der Waals surface area contributed by atoms with Crippen LogP contribution in [0.1, 0.15) is 91.4 Å². The van der Waals surface area contributed by atoms with E-state index < -0.39 is 29.7 Å². The van der Waals surface area contributed by atoms with Gasteiger partial charge in [0.25, 0.3) is 0 Å². The van der Waals surface area contributed by atoms with Crippen LogP contribution in [-0.2, 0) is 14.3 Å². The van der Waals surface area contributed by atoms with E-state index in [1.165, 1.54) is 0 Å². The molecule has 1 amide bonds. The van der Waals surface area contributed by atoms with Gasteiger partial charge >= 0.3 is 18.0 Å². The first kappa shape index (κ1) is 24.2. The van der Waals surface area contributed by atoms with Crippen LogP contribution in [0.5, 0.6) is 0 Å². The second kappa shape index (κ2) is 13.4. The van der Waals surface area contributed by atoms with Crippen LogP contribution in [-0.4, -0.2) is 39.9 Å². The number of carboxylic acid groups (broad SMARTS) is 2. The van der Waals surface area contributed by atoms with E-state index in [2.05, 4.69) is 26.1 Å². The van der Waals surface area contributed by atoms with E-state index >= 15 is 0 Å². The molecule has 0 bridgehead atoms. The van der Waals surface area contributed by atoms with E-state index in [9.17, 15) is 19.5 Å². The number of alkyl carbamates (subject to hydrolysis) is 1. The standard InChI is InChI=1S/C19H35NO6/c1-4-7-12-19(13-8-5-2,14-9-6-3)26-18(25)20-15(17(23)24)10-11-16(21)22/h15H,4-14H2,1-3H3,(H,20,25)(H,21,22)(H,23,24). The zero-order valence-corrected chi connectivity index (χ0v) is 16.4. The number of nitrogens with one attached hydrogen (secondary N) is 1. The van der Waals surface area contributed by atoms with Gasteiger partial charge in [0.15, 0.2) is 0 Å². The topological polar surface area (TPSA) is 113 Å². The van der Waals surface area contributed by atoms with Crippen LogP contribution in [0.2, 0.25) is 0 Å². The van der Waals surface area contributed by atoms with E-state index in [0.717, 1.165) is 57.8 Å². The highest BCUT2D eigenvalue weighted by Crippen LogP contribution is 2.32. The van der Waals surface area contributed by atoms with Crippen molar-refractivity contribution in [2.24, 2.45) is 0 Å². The summed E-state index contributed by atoms with van der Waals surface area (Å²) in [5, 5.41) is 20.2. The number of aliphatic carboxylic acids is 2. The molecule has 0 aliphatic carbocycles. The molecule has 0 rings (SSSR count). The van der Waals surface area contributed by atoms with Crippen LogP contribution in [0.15, 0.2) is 0 Å². The van der Waals surface area contributed by atoms with Gasteiger partial charge < -0.3 is 20.3 Å². The highest BCUT2D eigenvalue weighted by atomic mass is 16.6. The normalized spacial score (nSPS) is 12.4. The number of carbonyl (C=O) groups is 3. The summed E-state index contributed by atoms with van der Waals surface area (Å²) in [5.41, 5.74) is -0.581. The van der Waals surface area contributed by atoms with Gasteiger partial charge in [-0.25, -0.2) is 9.59 Å². The lowest BCUT2D eigenvalue weighted by Gasteiger charge is -2.34. The molecule has 3 N–H and O–H groups in total. The second-order valence-electron chi connectivity index (χ2n) is 6.85. The number of unbranched alkanes of at least 4 members (excludes halogenated alkanes) is 3. The fourth-order valence-electron chi connectivity index (χ4n) is 2.92. The number of hydrogen-bond donors (Lipinski definition) is 3. The van der Waals surface area contributed by atoms with Gasteiger partial charge in [0.05, 0.1) is 0 Å². The van der Waals surface area contributed by atoms with E-state index in [-0.39, 0.29) is 12.8 Å². The third-order valence-electron chi connectivity index (χ3n) is 4.50. The molecule has 0 aliphatic rings. The first-order valence-electron chi connectivity index (χ1n) is 9.74. The first-order chi connectivity index (χ1) is 12.3. The average molecular weight is 373 g/mol. The summed E-state index contributed by atoms with van der Waals surface area (Å²) in [6.07, 6.45) is 6.74. The fraction of sp³-hybridized carbons (Fsp3) is 0.842. The molecule has 1 atom stereocenters. The summed E-state index contributed by atoms with van der Waals surface area (Å²) in [6, 6.07) is -1.26. The number of carboxylic acids is 2. The second-order valence-corrected chi connectivity index (χ2v) is 6.85. The highest BCUT2D eigenvalue weighted by Gasteiger charge is 2.34. The van der Waals surface area contributed by atoms with Crippen molar-refractivity contribution in [1.82, 2.24) is 5.32 Å². The van der Waals surface area contributed by atoms with E-state index in [1.807, 2.05) is 0 Å². The Morgan fingerprint density at radius 2 is 1.38 bits per heavy atom. The Balaban J connectivity index is 5.07. The van der Waals surface area contributed by atoms with Crippen LogP contribution in [0.4, 0.5) is 4.79 Å². The maximum Gasteiger partial charge on any atom is 0.408 e. The Bertz CT molecular complexity index is 416. The lowest BCUT2D eigenvalue weighted by Crippen LogP contribution is -2.46. The van der Waals surface area contributed by atoms with Crippen molar-refractivity contribution in [2.75, 3.05) is 0 Å². The van der Waals surface area contributed by atoms with Crippen molar-refractivity contribution in [3.8, 4) is 0 Å². The molecule has 0 spiro atoms. The van der Waals surface area contributed by atoms with Crippen molar-refractivity contribution in [3.05, 3.63) is 0 Å². The Kier molecular flexibility index (Phi) is 12.5. The smallest absolute Gasteiger partial charge is 0.408 e. The Labute approximate surface area is 156 Å². The molecule has 0 aromatic heterocycles. The third-order valence-corrected chi connectivity index (χ3v) is 4.50. The highest BCUT2D eigenvalue weighted by molar-refractivity contribution is 5.80. The minimum Gasteiger partial charge on any atom is -0.481 e. The van der Waals surface area contributed by atoms with Crippen LogP contribution >= 0.6 is 0 Å². The van der Waals surface area contributed by atoms with Gasteiger partial charge in [-0.15, -0.1) is 0 Å². The minimum atomic E-state index is -1.26. The average Bonchev–Trinajstić information content (AvgIpc) is 2.59. The van der Waals surface area contributed by atoms with Crippen LogP contribution in [0.25, 0.3) is 0 Å². The number of amides is 1. The SMILES string of the molecule is CCCCC(CCCC)(CCCC)OC(=O)NC(CCC(=O)O)C(=O)O. The zero-order valence-electron chi connectivity index (χ0n) is 16.4. The molecular weight excluding hydrogens is 338 g/mol. The summed E-state index contributed by atoms with van der Waals surface area (Å²) in [7, 11) is 0. The number of rotatable bonds is 15. The molecule has 0 aromatic carbocycles. The number of hydrogen-bond acceptors (Lipinski definition) is 4. The maximum atomic E-state index is 12.4. The van der Waals surface area contributed by atoms with Gasteiger partial charge in [-0.2, -0.15) is 0 Å². The molecule has 152 valence electrons. The lowest BCUT2D eigenvalue weighted by atomic mass is 9.86. The third kappa shape index (κ3) is 10.3. The molecule has 0 radical (unpaired) electrons. The summed E-state index contributed by atoms with van der Waals surface area (Å²) < 4.78 is 5.77. The molecule has 1 unspecified atom stereocenters. The van der Waals surface area contributed by atoms with E-state index in [4.69, 9.17) is 9.84 Å². The van der Waals surface area contributed by atoms with Crippen molar-refractivity contribution in [1.29, 1.82) is 0 Å². The van der Waals surface area contributed by atoms with Gasteiger partial charge in [-0.05, 0) is 44.9 Å². The Morgan fingerprint density at radius 3 is 1.73 bits per heavy atom. The van der Waals surface area contributed by atoms with Gasteiger partial charge in [-0.1, -0.05) is 40.0 Å². The Hall–Kier alpha value is -1.79. The Morgan fingerprint density at radius 1 is 0.923 bits per heavy atom. The quantitative estimate of drug-likeness (QED) is 0.393. The summed E-state index contributed by atoms with van der Waals surface area (Å²) in [4.78, 5) is 34.3. The molecule has 0 aliphatic heterocycles. The van der Waals surface area contributed by atoms with Crippen molar-refractivity contribution >= 4 is 18.0 Å². The summed E-state index contributed by atoms with van der Waals surface area (Å²) >= 11 is 0. The predicted octanol–water partition coefficient (Wildman–Crippen LogP) is 4.34. The number of ether oxygens (including phenoxy) is 1. The zero-order chi connectivity index (χ0) is 20.0. The van der Waals surface area contributed by atoms with Crippen LogP contribution in [0.3, 0.4) is 0 Å². The molecule has 0 aromatic rings. The number of carbonyl (C=O) groups excluding carboxylic acids is 1. The molecule has 0 heterocycles. The molecule has 0 saturated heterocycles. The maximum absolute atomic E-state index is 12.4. The van der Waals surface area contributed by atoms with Crippen molar-refractivity contribution in [3.63, 3.8) is 0 Å². The minimum absolute atomic E-state index is 0.175. The van der Waals surface area contributed by atoms with E-state index in [1.54, 1.807) is 0 Å². The summed E-state index contributed by atoms with van der Waals surface area (Å²) in [5.74, 6) is -2.36. The molecule has 26 heavy (non-hydrogen) atoms.